The molecule has 0 atom stereocenters. The third-order valence-electron chi connectivity index (χ3n) is 5.29. The zero-order chi connectivity index (χ0) is 22.1. The number of nitrogens with one attached hydrogen (secondary N) is 1. The Morgan fingerprint density at radius 1 is 1.06 bits per heavy atom. The Kier molecular flexibility index (Phi) is 5.45. The van der Waals surface area contributed by atoms with E-state index in [4.69, 9.17) is 9.97 Å². The van der Waals surface area contributed by atoms with E-state index in [2.05, 4.69) is 21.6 Å². The first-order valence-electron chi connectivity index (χ1n) is 10.2. The third kappa shape index (κ3) is 4.01. The minimum absolute atomic E-state index is 0.126. The summed E-state index contributed by atoms with van der Waals surface area (Å²) < 4.78 is 27.1. The number of halogens is 2. The monoisotopic (exact) mass is 447 g/mol. The third-order valence-corrected chi connectivity index (χ3v) is 6.52. The number of benzene rings is 1. The molecule has 5 nitrogen and oxygen atoms in total. The highest BCUT2D eigenvalue weighted by Gasteiger charge is 2.20. The summed E-state index contributed by atoms with van der Waals surface area (Å²) in [6.45, 7) is 1.97. The average Bonchev–Trinajstić information content (AvgIpc) is 3.20. The van der Waals surface area contributed by atoms with Gasteiger partial charge in [0.05, 0.1) is 33.4 Å². The van der Waals surface area contributed by atoms with Crippen molar-refractivity contribution in [3.8, 4) is 21.1 Å². The molecule has 0 saturated heterocycles. The van der Waals surface area contributed by atoms with Gasteiger partial charge in [-0.25, -0.2) is 18.7 Å². The van der Waals surface area contributed by atoms with E-state index in [1.165, 1.54) is 12.1 Å². The van der Waals surface area contributed by atoms with Gasteiger partial charge < -0.3 is 0 Å². The molecule has 1 aliphatic rings. The number of hydrazone groups is 1. The van der Waals surface area contributed by atoms with Gasteiger partial charge in [0.2, 0.25) is 0 Å². The highest BCUT2D eigenvalue weighted by Crippen LogP contribution is 2.35. The number of thiazole rings is 1. The SMILES string of the molecule is Cc1nc(-c2cccnc2)sc1-c1ccc2c(n1)/C(=N/Nc1ccc(F)cc1F)CCC2. The van der Waals surface area contributed by atoms with E-state index in [1.54, 1.807) is 23.7 Å². The van der Waals surface area contributed by atoms with Crippen molar-refractivity contribution in [2.75, 3.05) is 5.43 Å². The molecule has 0 unspecified atom stereocenters. The van der Waals surface area contributed by atoms with Crippen LogP contribution < -0.4 is 5.43 Å². The van der Waals surface area contributed by atoms with Gasteiger partial charge in [-0.05, 0) is 62.1 Å². The van der Waals surface area contributed by atoms with Crippen LogP contribution in [0.4, 0.5) is 14.5 Å². The summed E-state index contributed by atoms with van der Waals surface area (Å²) in [6.07, 6.45) is 6.11. The zero-order valence-corrected chi connectivity index (χ0v) is 18.1. The lowest BCUT2D eigenvalue weighted by molar-refractivity contribution is 0.585. The fraction of sp³-hybridized carbons (Fsp3) is 0.167. The summed E-state index contributed by atoms with van der Waals surface area (Å²) in [6, 6.07) is 11.3. The molecule has 1 aromatic carbocycles. The van der Waals surface area contributed by atoms with Gasteiger partial charge in [0, 0.05) is 24.0 Å². The smallest absolute Gasteiger partial charge is 0.151 e. The lowest BCUT2D eigenvalue weighted by atomic mass is 9.94. The minimum Gasteiger partial charge on any atom is -0.275 e. The van der Waals surface area contributed by atoms with E-state index < -0.39 is 11.6 Å². The molecule has 3 heterocycles. The van der Waals surface area contributed by atoms with Crippen molar-refractivity contribution in [1.82, 2.24) is 15.0 Å². The average molecular weight is 448 g/mol. The van der Waals surface area contributed by atoms with Crippen molar-refractivity contribution in [3.63, 3.8) is 0 Å². The molecule has 0 bridgehead atoms. The number of rotatable bonds is 4. The van der Waals surface area contributed by atoms with E-state index >= 15 is 0 Å². The van der Waals surface area contributed by atoms with Crippen molar-refractivity contribution in [1.29, 1.82) is 0 Å². The van der Waals surface area contributed by atoms with E-state index in [-0.39, 0.29) is 5.69 Å². The number of anilines is 1. The normalized spacial score (nSPS) is 14.4. The van der Waals surface area contributed by atoms with Gasteiger partial charge in [-0.3, -0.25) is 10.4 Å². The Balaban J connectivity index is 1.49. The number of hydrogen-bond donors (Lipinski definition) is 1. The molecular formula is C24H19F2N5S. The molecule has 4 aromatic rings. The molecule has 0 radical (unpaired) electrons. The Labute approximate surface area is 187 Å². The molecule has 1 N–H and O–H groups in total. The van der Waals surface area contributed by atoms with Crippen molar-refractivity contribution in [3.05, 3.63) is 83.4 Å². The molecule has 0 spiro atoms. The Morgan fingerprint density at radius 2 is 1.97 bits per heavy atom. The maximum absolute atomic E-state index is 14.0. The first kappa shape index (κ1) is 20.4. The number of aromatic nitrogens is 3. The maximum atomic E-state index is 14.0. The fourth-order valence-electron chi connectivity index (χ4n) is 3.69. The first-order chi connectivity index (χ1) is 15.6. The van der Waals surface area contributed by atoms with Gasteiger partial charge in [0.1, 0.15) is 10.8 Å². The van der Waals surface area contributed by atoms with Crippen LogP contribution in [0.15, 0.2) is 60.0 Å². The van der Waals surface area contributed by atoms with Gasteiger partial charge in [0.25, 0.3) is 0 Å². The van der Waals surface area contributed by atoms with E-state index in [0.29, 0.717) is 0 Å². The van der Waals surface area contributed by atoms with Crippen LogP contribution >= 0.6 is 11.3 Å². The van der Waals surface area contributed by atoms with E-state index in [1.807, 2.05) is 25.1 Å². The van der Waals surface area contributed by atoms with Crippen LogP contribution in [-0.4, -0.2) is 20.7 Å². The summed E-state index contributed by atoms with van der Waals surface area (Å²) in [5.41, 5.74) is 8.24. The summed E-state index contributed by atoms with van der Waals surface area (Å²) in [5, 5.41) is 5.31. The molecule has 0 amide bonds. The van der Waals surface area contributed by atoms with Crippen molar-refractivity contribution < 1.29 is 8.78 Å². The van der Waals surface area contributed by atoms with Gasteiger partial charge in [-0.1, -0.05) is 6.07 Å². The molecular weight excluding hydrogens is 428 g/mol. The fourth-order valence-corrected chi connectivity index (χ4v) is 4.72. The molecule has 5 rings (SSSR count). The Hall–Kier alpha value is -3.52. The highest BCUT2D eigenvalue weighted by atomic mass is 32.1. The number of hydrogen-bond acceptors (Lipinski definition) is 6. The predicted octanol–water partition coefficient (Wildman–Crippen LogP) is 6.01. The zero-order valence-electron chi connectivity index (χ0n) is 17.3. The minimum atomic E-state index is -0.685. The largest absolute Gasteiger partial charge is 0.275 e. The molecule has 0 fully saturated rings. The van der Waals surface area contributed by atoms with Crippen molar-refractivity contribution in [2.24, 2.45) is 5.10 Å². The number of pyridine rings is 2. The summed E-state index contributed by atoms with van der Waals surface area (Å²) in [7, 11) is 0. The number of aryl methyl sites for hydroxylation is 2. The lowest BCUT2D eigenvalue weighted by Gasteiger charge is -2.18. The second-order valence-electron chi connectivity index (χ2n) is 7.53. The molecule has 0 saturated carbocycles. The molecule has 160 valence electrons. The molecule has 1 aliphatic carbocycles. The van der Waals surface area contributed by atoms with Crippen LogP contribution in [0, 0.1) is 18.6 Å². The number of fused-ring (bicyclic) bond motifs is 1. The van der Waals surface area contributed by atoms with E-state index in [0.717, 1.165) is 69.1 Å². The topological polar surface area (TPSA) is 63.1 Å². The second kappa shape index (κ2) is 8.55. The highest BCUT2D eigenvalue weighted by molar-refractivity contribution is 7.18. The van der Waals surface area contributed by atoms with Gasteiger partial charge >= 0.3 is 0 Å². The summed E-state index contributed by atoms with van der Waals surface area (Å²) >= 11 is 1.58. The van der Waals surface area contributed by atoms with Gasteiger partial charge in [-0.2, -0.15) is 5.10 Å². The van der Waals surface area contributed by atoms with Crippen molar-refractivity contribution >= 4 is 22.7 Å². The Morgan fingerprint density at radius 3 is 2.78 bits per heavy atom. The number of nitrogens with zero attached hydrogens (tertiary/aromatic N) is 4. The Bertz CT molecular complexity index is 1320. The van der Waals surface area contributed by atoms with Crippen LogP contribution in [0.5, 0.6) is 0 Å². The second-order valence-corrected chi connectivity index (χ2v) is 8.53. The van der Waals surface area contributed by atoms with Crippen LogP contribution in [0.1, 0.15) is 29.8 Å². The molecule has 32 heavy (non-hydrogen) atoms. The van der Waals surface area contributed by atoms with E-state index in [9.17, 15) is 8.78 Å². The van der Waals surface area contributed by atoms with Crippen LogP contribution in [0.2, 0.25) is 0 Å². The van der Waals surface area contributed by atoms with Crippen LogP contribution in [-0.2, 0) is 6.42 Å². The van der Waals surface area contributed by atoms with Crippen molar-refractivity contribution in [2.45, 2.75) is 26.2 Å². The maximum Gasteiger partial charge on any atom is 0.151 e. The van der Waals surface area contributed by atoms with Gasteiger partial charge in [-0.15, -0.1) is 11.3 Å². The van der Waals surface area contributed by atoms with Crippen LogP contribution in [0.25, 0.3) is 21.1 Å². The van der Waals surface area contributed by atoms with Crippen LogP contribution in [0.3, 0.4) is 0 Å². The predicted molar refractivity (Wildman–Crippen MR) is 123 cm³/mol. The summed E-state index contributed by atoms with van der Waals surface area (Å²) in [5.74, 6) is -1.31. The quantitative estimate of drug-likeness (QED) is 0.390. The van der Waals surface area contributed by atoms with Gasteiger partial charge in [0.15, 0.2) is 5.82 Å². The molecule has 3 aromatic heterocycles. The molecule has 0 aliphatic heterocycles. The first-order valence-corrected chi connectivity index (χ1v) is 11.1. The standard InChI is InChI=1S/C24H19F2N5S/c1-14-23(32-24(28-14)16-5-3-11-27-13-16)21-9-7-15-4-2-6-20(22(15)29-21)31-30-19-10-8-17(25)12-18(19)26/h3,5,7-13,30H,2,4,6H2,1H3/b31-20+. The lowest BCUT2D eigenvalue weighted by Crippen LogP contribution is -2.16. The summed E-state index contributed by atoms with van der Waals surface area (Å²) in [4.78, 5) is 14.8. The molecule has 8 heteroatoms.